The zero-order chi connectivity index (χ0) is 20.0. The average Bonchev–Trinajstić information content (AvgIpc) is 2.64. The number of aryl methyl sites for hydroxylation is 2. The highest BCUT2D eigenvalue weighted by Crippen LogP contribution is 2.11. The van der Waals surface area contributed by atoms with Gasteiger partial charge in [0.2, 0.25) is 11.8 Å². The molecule has 1 atom stereocenters. The van der Waals surface area contributed by atoms with Crippen LogP contribution in [0.3, 0.4) is 0 Å². The number of amides is 2. The second kappa shape index (κ2) is 9.33. The van der Waals surface area contributed by atoms with Crippen LogP contribution in [0.2, 0.25) is 0 Å². The number of carbonyl (C=O) groups excluding carboxylic acids is 2. The first-order valence-corrected chi connectivity index (χ1v) is 9.13. The van der Waals surface area contributed by atoms with Gasteiger partial charge in [-0.15, -0.1) is 0 Å². The molecule has 0 aliphatic carbocycles. The van der Waals surface area contributed by atoms with Gasteiger partial charge in [-0.05, 0) is 45.5 Å². The van der Waals surface area contributed by atoms with E-state index in [1.54, 1.807) is 7.05 Å². The smallest absolute Gasteiger partial charge is 0.243 e. The van der Waals surface area contributed by atoms with E-state index in [0.29, 0.717) is 6.54 Å². The summed E-state index contributed by atoms with van der Waals surface area (Å²) in [6, 6.07) is 15.5. The predicted octanol–water partition coefficient (Wildman–Crippen LogP) is 3.22. The van der Waals surface area contributed by atoms with Crippen LogP contribution in [0.15, 0.2) is 48.5 Å². The van der Waals surface area contributed by atoms with E-state index < -0.39 is 0 Å². The van der Waals surface area contributed by atoms with Gasteiger partial charge < -0.3 is 10.2 Å². The van der Waals surface area contributed by atoms with E-state index in [-0.39, 0.29) is 24.4 Å². The standard InChI is InChI=1S/C22H29N3O2/c1-16-6-10-19(11-7-16)14-24(4)18(3)22(27)25(5)15-21(26)23-20-12-8-17(2)9-13-20/h6-13,18H,14-15H2,1-5H3,(H,23,26)/t18-/m0/s1. The second-order valence-corrected chi connectivity index (χ2v) is 7.19. The summed E-state index contributed by atoms with van der Waals surface area (Å²) in [6.07, 6.45) is 0. The molecule has 0 saturated heterocycles. The lowest BCUT2D eigenvalue weighted by Crippen LogP contribution is -2.46. The molecule has 5 heteroatoms. The van der Waals surface area contributed by atoms with Crippen molar-refractivity contribution in [1.29, 1.82) is 0 Å². The monoisotopic (exact) mass is 367 g/mol. The van der Waals surface area contributed by atoms with Crippen molar-refractivity contribution in [3.63, 3.8) is 0 Å². The van der Waals surface area contributed by atoms with Crippen LogP contribution in [-0.4, -0.2) is 48.3 Å². The molecule has 0 spiro atoms. The minimum Gasteiger partial charge on any atom is -0.335 e. The Kier molecular flexibility index (Phi) is 7.13. The largest absolute Gasteiger partial charge is 0.335 e. The van der Waals surface area contributed by atoms with E-state index in [0.717, 1.165) is 16.8 Å². The number of anilines is 1. The van der Waals surface area contributed by atoms with Crippen LogP contribution in [0.1, 0.15) is 23.6 Å². The van der Waals surface area contributed by atoms with Crippen molar-refractivity contribution in [3.05, 3.63) is 65.2 Å². The highest BCUT2D eigenvalue weighted by Gasteiger charge is 2.23. The van der Waals surface area contributed by atoms with Gasteiger partial charge in [-0.1, -0.05) is 47.5 Å². The lowest BCUT2D eigenvalue weighted by atomic mass is 10.1. The molecule has 2 aromatic rings. The van der Waals surface area contributed by atoms with Gasteiger partial charge in [0.1, 0.15) is 0 Å². The molecule has 1 N–H and O–H groups in total. The number of hydrogen-bond donors (Lipinski definition) is 1. The lowest BCUT2D eigenvalue weighted by molar-refractivity contribution is -0.137. The van der Waals surface area contributed by atoms with E-state index in [9.17, 15) is 9.59 Å². The maximum absolute atomic E-state index is 12.7. The number of carbonyl (C=O) groups is 2. The molecule has 0 aliphatic rings. The van der Waals surface area contributed by atoms with Crippen LogP contribution < -0.4 is 5.32 Å². The highest BCUT2D eigenvalue weighted by atomic mass is 16.2. The number of benzene rings is 2. The van der Waals surface area contributed by atoms with Crippen LogP contribution in [0.25, 0.3) is 0 Å². The van der Waals surface area contributed by atoms with E-state index in [4.69, 9.17) is 0 Å². The summed E-state index contributed by atoms with van der Waals surface area (Å²) in [5.41, 5.74) is 4.23. The fourth-order valence-corrected chi connectivity index (χ4v) is 2.76. The third-order valence-electron chi connectivity index (χ3n) is 4.66. The Hall–Kier alpha value is -2.66. The molecular formula is C22H29N3O2. The Morgan fingerprint density at radius 2 is 1.44 bits per heavy atom. The molecule has 27 heavy (non-hydrogen) atoms. The Bertz CT molecular complexity index is 769. The summed E-state index contributed by atoms with van der Waals surface area (Å²) in [5, 5.41) is 2.82. The zero-order valence-corrected chi connectivity index (χ0v) is 16.8. The van der Waals surface area contributed by atoms with Crippen molar-refractivity contribution < 1.29 is 9.59 Å². The first-order chi connectivity index (χ1) is 12.8. The number of likely N-dealkylation sites (N-methyl/N-ethyl adjacent to an activating group) is 2. The molecule has 0 bridgehead atoms. The zero-order valence-electron chi connectivity index (χ0n) is 16.8. The van der Waals surface area contributed by atoms with Crippen LogP contribution in [-0.2, 0) is 16.1 Å². The Morgan fingerprint density at radius 1 is 0.926 bits per heavy atom. The van der Waals surface area contributed by atoms with Gasteiger partial charge in [0.25, 0.3) is 0 Å². The SMILES string of the molecule is Cc1ccc(CN(C)[C@@H](C)C(=O)N(C)CC(=O)Nc2ccc(C)cc2)cc1. The fourth-order valence-electron chi connectivity index (χ4n) is 2.76. The molecule has 0 fully saturated rings. The molecule has 0 saturated carbocycles. The average molecular weight is 367 g/mol. The van der Waals surface area contributed by atoms with Crippen LogP contribution in [0, 0.1) is 13.8 Å². The van der Waals surface area contributed by atoms with Crippen molar-refractivity contribution >= 4 is 17.5 Å². The summed E-state index contributed by atoms with van der Waals surface area (Å²) in [4.78, 5) is 28.3. The van der Waals surface area contributed by atoms with Crippen molar-refractivity contribution in [2.45, 2.75) is 33.4 Å². The van der Waals surface area contributed by atoms with Crippen LogP contribution in [0.5, 0.6) is 0 Å². The van der Waals surface area contributed by atoms with Crippen molar-refractivity contribution in [3.8, 4) is 0 Å². The van der Waals surface area contributed by atoms with Gasteiger partial charge in [0.05, 0.1) is 12.6 Å². The molecular weight excluding hydrogens is 338 g/mol. The molecule has 2 amide bonds. The maximum atomic E-state index is 12.7. The molecule has 0 aliphatic heterocycles. The molecule has 0 aromatic heterocycles. The number of nitrogens with one attached hydrogen (secondary N) is 1. The van der Waals surface area contributed by atoms with Gasteiger partial charge >= 0.3 is 0 Å². The summed E-state index contributed by atoms with van der Waals surface area (Å²) in [7, 11) is 3.58. The minimum atomic E-state index is -0.316. The molecule has 0 radical (unpaired) electrons. The van der Waals surface area contributed by atoms with Crippen molar-refractivity contribution in [1.82, 2.24) is 9.80 Å². The van der Waals surface area contributed by atoms with Gasteiger partial charge in [-0.3, -0.25) is 14.5 Å². The number of nitrogens with zero attached hydrogens (tertiary/aromatic N) is 2. The molecule has 5 nitrogen and oxygen atoms in total. The van der Waals surface area contributed by atoms with Crippen molar-refractivity contribution in [2.75, 3.05) is 26.0 Å². The van der Waals surface area contributed by atoms with E-state index >= 15 is 0 Å². The van der Waals surface area contributed by atoms with Gasteiger partial charge in [0.15, 0.2) is 0 Å². The third kappa shape index (κ3) is 6.22. The molecule has 2 rings (SSSR count). The first-order valence-electron chi connectivity index (χ1n) is 9.13. The summed E-state index contributed by atoms with van der Waals surface area (Å²) >= 11 is 0. The van der Waals surface area contributed by atoms with E-state index in [1.165, 1.54) is 10.5 Å². The number of hydrogen-bond acceptors (Lipinski definition) is 3. The molecule has 2 aromatic carbocycles. The first kappa shape index (κ1) is 20.6. The molecule has 144 valence electrons. The minimum absolute atomic E-state index is 0.0232. The predicted molar refractivity (Wildman–Crippen MR) is 110 cm³/mol. The van der Waals surface area contributed by atoms with Crippen LogP contribution in [0.4, 0.5) is 5.69 Å². The fraction of sp³-hybridized carbons (Fsp3) is 0.364. The summed E-state index contributed by atoms with van der Waals surface area (Å²) in [6.45, 7) is 6.61. The van der Waals surface area contributed by atoms with Crippen LogP contribution >= 0.6 is 0 Å². The van der Waals surface area contributed by atoms with E-state index in [1.807, 2.05) is 50.1 Å². The lowest BCUT2D eigenvalue weighted by Gasteiger charge is -2.28. The van der Waals surface area contributed by atoms with Gasteiger partial charge in [-0.2, -0.15) is 0 Å². The van der Waals surface area contributed by atoms with Crippen molar-refractivity contribution in [2.24, 2.45) is 0 Å². The summed E-state index contributed by atoms with van der Waals surface area (Å²) in [5.74, 6) is -0.285. The van der Waals surface area contributed by atoms with Gasteiger partial charge in [-0.25, -0.2) is 0 Å². The molecule has 0 heterocycles. The topological polar surface area (TPSA) is 52.7 Å². The Labute approximate surface area is 162 Å². The Balaban J connectivity index is 1.87. The maximum Gasteiger partial charge on any atom is 0.243 e. The van der Waals surface area contributed by atoms with E-state index in [2.05, 4.69) is 36.5 Å². The summed E-state index contributed by atoms with van der Waals surface area (Å²) < 4.78 is 0. The Morgan fingerprint density at radius 3 is 2.00 bits per heavy atom. The quantitative estimate of drug-likeness (QED) is 0.817. The highest BCUT2D eigenvalue weighted by molar-refractivity contribution is 5.95. The third-order valence-corrected chi connectivity index (χ3v) is 4.66. The number of rotatable bonds is 7. The second-order valence-electron chi connectivity index (χ2n) is 7.19. The normalized spacial score (nSPS) is 11.9. The molecule has 0 unspecified atom stereocenters. The van der Waals surface area contributed by atoms with Gasteiger partial charge in [0, 0.05) is 19.3 Å².